The maximum atomic E-state index is 14.9. The molecule has 11 heteroatoms. The van der Waals surface area contributed by atoms with E-state index in [1.165, 1.54) is 0 Å². The Morgan fingerprint density at radius 1 is 1.14 bits per heavy atom. The molecule has 2 unspecified atom stereocenters. The van der Waals surface area contributed by atoms with Crippen LogP contribution in [0.5, 0.6) is 0 Å². The summed E-state index contributed by atoms with van der Waals surface area (Å²) in [4.78, 5) is 20.3. The zero-order chi connectivity index (χ0) is 25.8. The summed E-state index contributed by atoms with van der Waals surface area (Å²) in [7, 11) is 0. The van der Waals surface area contributed by atoms with E-state index in [-0.39, 0.29) is 22.8 Å². The van der Waals surface area contributed by atoms with Crippen LogP contribution in [0.1, 0.15) is 55.8 Å². The number of hydrogen-bond donors (Lipinski definition) is 1. The van der Waals surface area contributed by atoms with Crippen LogP contribution in [0.25, 0.3) is 0 Å². The van der Waals surface area contributed by atoms with Crippen LogP contribution < -0.4 is 15.1 Å². The Kier molecular flexibility index (Phi) is 6.15. The summed E-state index contributed by atoms with van der Waals surface area (Å²) in [5.74, 6) is -2.23. The lowest BCUT2D eigenvalue weighted by Gasteiger charge is -2.49. The van der Waals surface area contributed by atoms with Crippen molar-refractivity contribution in [1.82, 2.24) is 4.98 Å². The van der Waals surface area contributed by atoms with Crippen molar-refractivity contribution < 1.29 is 31.2 Å². The predicted molar refractivity (Wildman–Crippen MR) is 124 cm³/mol. The molecule has 1 N–H and O–H groups in total. The van der Waals surface area contributed by atoms with Gasteiger partial charge >= 0.3 is 6.18 Å². The lowest BCUT2D eigenvalue weighted by molar-refractivity contribution is -0.130. The summed E-state index contributed by atoms with van der Waals surface area (Å²) < 4.78 is 74.6. The van der Waals surface area contributed by atoms with Crippen LogP contribution in [-0.4, -0.2) is 43.2 Å². The van der Waals surface area contributed by atoms with Crippen molar-refractivity contribution in [3.05, 3.63) is 35.2 Å². The largest absolute Gasteiger partial charge is 0.427 e. The number of anilines is 3. The van der Waals surface area contributed by atoms with Crippen molar-refractivity contribution in [2.24, 2.45) is 17.3 Å². The molecule has 5 rings (SSSR count). The third-order valence-electron chi connectivity index (χ3n) is 7.97. The standard InChI is InChI=1S/C25H29F5N4O2/c1-3-24(4-2)12-34(13-24)23-32-20(19(36-23)10-25(28,29)30)22(35)31-16-8-17(26)21(18(27)9-16)33-6-5-14-7-15(14)11-33/h8-9,14-15H,3-7,10-13H2,1-2H3,(H,31,35). The fourth-order valence-electron chi connectivity index (χ4n) is 5.47. The first-order chi connectivity index (χ1) is 17.0. The van der Waals surface area contributed by atoms with Crippen LogP contribution in [0.2, 0.25) is 0 Å². The summed E-state index contributed by atoms with van der Waals surface area (Å²) in [6.07, 6.45) is -2.37. The molecule has 0 radical (unpaired) electrons. The smallest absolute Gasteiger partial charge is 0.396 e. The number of piperidine rings is 1. The van der Waals surface area contributed by atoms with Crippen LogP contribution >= 0.6 is 0 Å². The van der Waals surface area contributed by atoms with Crippen LogP contribution in [0.3, 0.4) is 0 Å². The molecule has 1 aromatic carbocycles. The number of rotatable bonds is 7. The number of oxazole rings is 1. The highest BCUT2D eigenvalue weighted by molar-refractivity contribution is 6.04. The van der Waals surface area contributed by atoms with E-state index in [0.717, 1.165) is 37.8 Å². The van der Waals surface area contributed by atoms with Gasteiger partial charge in [0.05, 0.1) is 0 Å². The predicted octanol–water partition coefficient (Wildman–Crippen LogP) is 5.78. The number of fused-ring (bicyclic) bond motifs is 1. The quantitative estimate of drug-likeness (QED) is 0.477. The Morgan fingerprint density at radius 3 is 2.39 bits per heavy atom. The first-order valence-electron chi connectivity index (χ1n) is 12.4. The minimum absolute atomic E-state index is 0.0344. The minimum Gasteiger partial charge on any atom is -0.427 e. The van der Waals surface area contributed by atoms with Crippen LogP contribution in [0, 0.1) is 28.9 Å². The molecule has 1 saturated carbocycles. The zero-order valence-electron chi connectivity index (χ0n) is 20.2. The van der Waals surface area contributed by atoms with Crippen molar-refractivity contribution >= 4 is 23.3 Å². The van der Waals surface area contributed by atoms with Crippen molar-refractivity contribution in [2.75, 3.05) is 41.3 Å². The average molecular weight is 513 g/mol. The molecule has 0 bridgehead atoms. The molecule has 1 aromatic heterocycles. The topological polar surface area (TPSA) is 61.6 Å². The van der Waals surface area contributed by atoms with Crippen LogP contribution in [-0.2, 0) is 6.42 Å². The second kappa shape index (κ2) is 8.92. The van der Waals surface area contributed by atoms with Gasteiger partial charge in [0.1, 0.15) is 17.9 Å². The maximum absolute atomic E-state index is 14.9. The lowest BCUT2D eigenvalue weighted by Crippen LogP contribution is -2.56. The van der Waals surface area contributed by atoms with E-state index < -0.39 is 41.6 Å². The fraction of sp³-hybridized carbons (Fsp3) is 0.600. The molecule has 36 heavy (non-hydrogen) atoms. The molecule has 3 aliphatic rings. The summed E-state index contributed by atoms with van der Waals surface area (Å²) >= 11 is 0. The summed E-state index contributed by atoms with van der Waals surface area (Å²) in [5.41, 5.74) is -0.865. The number of nitrogens with one attached hydrogen (secondary N) is 1. The van der Waals surface area contributed by atoms with Crippen LogP contribution in [0.15, 0.2) is 16.5 Å². The monoisotopic (exact) mass is 512 g/mol. The molecule has 2 aliphatic heterocycles. The van der Waals surface area contributed by atoms with Gasteiger partial charge in [0, 0.05) is 37.3 Å². The van der Waals surface area contributed by atoms with E-state index in [9.17, 15) is 26.7 Å². The summed E-state index contributed by atoms with van der Waals surface area (Å²) in [5, 5.41) is 2.29. The average Bonchev–Trinajstić information content (AvgIpc) is 3.43. The molecule has 1 amide bonds. The van der Waals surface area contributed by atoms with Gasteiger partial charge in [-0.1, -0.05) is 13.8 Å². The number of aromatic nitrogens is 1. The Bertz CT molecular complexity index is 1130. The highest BCUT2D eigenvalue weighted by Gasteiger charge is 2.44. The van der Waals surface area contributed by atoms with Gasteiger partial charge in [0.15, 0.2) is 17.3 Å². The fourth-order valence-corrected chi connectivity index (χ4v) is 5.47. The number of nitrogens with zero attached hydrogens (tertiary/aromatic N) is 3. The van der Waals surface area contributed by atoms with Crippen molar-refractivity contribution in [2.45, 2.75) is 52.1 Å². The van der Waals surface area contributed by atoms with Crippen molar-refractivity contribution in [3.8, 4) is 0 Å². The summed E-state index contributed by atoms with van der Waals surface area (Å²) in [6, 6.07) is 1.89. The second-order valence-electron chi connectivity index (χ2n) is 10.4. The van der Waals surface area contributed by atoms with E-state index in [2.05, 4.69) is 10.3 Å². The number of halogens is 5. The highest BCUT2D eigenvalue weighted by atomic mass is 19.4. The lowest BCUT2D eigenvalue weighted by atomic mass is 9.75. The Labute approximate surface area is 205 Å². The first-order valence-corrected chi connectivity index (χ1v) is 12.4. The van der Waals surface area contributed by atoms with Gasteiger partial charge in [-0.3, -0.25) is 4.79 Å². The van der Waals surface area contributed by atoms with E-state index in [0.29, 0.717) is 38.0 Å². The van der Waals surface area contributed by atoms with Crippen LogP contribution in [0.4, 0.5) is 39.3 Å². The molecule has 3 fully saturated rings. The number of carbonyl (C=O) groups is 1. The molecule has 1 aliphatic carbocycles. The van der Waals surface area contributed by atoms with Gasteiger partial charge in [-0.15, -0.1) is 0 Å². The molecule has 2 atom stereocenters. The van der Waals surface area contributed by atoms with Gasteiger partial charge in [0.2, 0.25) is 0 Å². The molecule has 6 nitrogen and oxygen atoms in total. The van der Waals surface area contributed by atoms with Gasteiger partial charge in [-0.25, -0.2) is 8.78 Å². The number of carbonyl (C=O) groups excluding carboxylic acids is 1. The third-order valence-corrected chi connectivity index (χ3v) is 7.97. The number of benzene rings is 1. The first kappa shape index (κ1) is 24.8. The molecule has 2 aromatic rings. The number of amides is 1. The number of alkyl halides is 3. The third kappa shape index (κ3) is 4.76. The SMILES string of the molecule is CCC1(CC)CN(c2nc(C(=O)Nc3cc(F)c(N4CCC5CC5C4)c(F)c3)c(CC(F)(F)F)o2)C1. The second-order valence-corrected chi connectivity index (χ2v) is 10.4. The highest BCUT2D eigenvalue weighted by Crippen LogP contribution is 2.46. The normalized spacial score (nSPS) is 22.8. The Balaban J connectivity index is 1.35. The van der Waals surface area contributed by atoms with E-state index in [1.54, 1.807) is 9.80 Å². The summed E-state index contributed by atoms with van der Waals surface area (Å²) in [6.45, 7) is 6.34. The molecular formula is C25H29F5N4O2. The van der Waals surface area contributed by atoms with Crippen molar-refractivity contribution in [1.29, 1.82) is 0 Å². The minimum atomic E-state index is -4.63. The maximum Gasteiger partial charge on any atom is 0.396 e. The number of hydrogen-bond acceptors (Lipinski definition) is 5. The molecule has 196 valence electrons. The molecular weight excluding hydrogens is 483 g/mol. The van der Waals surface area contributed by atoms with Gasteiger partial charge in [-0.05, 0) is 49.7 Å². The molecule has 2 saturated heterocycles. The van der Waals surface area contributed by atoms with Gasteiger partial charge in [-0.2, -0.15) is 18.2 Å². The zero-order valence-corrected chi connectivity index (χ0v) is 20.2. The van der Waals surface area contributed by atoms with E-state index in [4.69, 9.17) is 4.42 Å². The van der Waals surface area contributed by atoms with E-state index in [1.807, 2.05) is 13.8 Å². The Morgan fingerprint density at radius 2 is 1.81 bits per heavy atom. The Hall–Kier alpha value is -2.85. The molecule has 0 spiro atoms. The van der Waals surface area contributed by atoms with Crippen molar-refractivity contribution in [3.63, 3.8) is 0 Å². The van der Waals surface area contributed by atoms with Gasteiger partial charge < -0.3 is 19.5 Å². The molecule has 3 heterocycles. The van der Waals surface area contributed by atoms with Gasteiger partial charge in [0.25, 0.3) is 11.9 Å². The van der Waals surface area contributed by atoms with E-state index >= 15 is 0 Å².